The molecule has 0 aliphatic carbocycles. The van der Waals surface area contributed by atoms with Crippen LogP contribution in [0.4, 0.5) is 5.69 Å². The number of hydrogen-bond acceptors (Lipinski definition) is 6. The molecule has 2 aromatic carbocycles. The average Bonchev–Trinajstić information content (AvgIpc) is 3.60. The van der Waals surface area contributed by atoms with E-state index in [0.29, 0.717) is 48.7 Å². The summed E-state index contributed by atoms with van der Waals surface area (Å²) in [6, 6.07) is 19.0. The van der Waals surface area contributed by atoms with Gasteiger partial charge >= 0.3 is 0 Å². The zero-order chi connectivity index (χ0) is 23.8. The number of carbonyl (C=O) groups is 2. The molecule has 35 heavy (non-hydrogen) atoms. The highest BCUT2D eigenvalue weighted by atomic mass is 32.1. The Kier molecular flexibility index (Phi) is 5.58. The summed E-state index contributed by atoms with van der Waals surface area (Å²) in [5, 5.41) is 5.83. The lowest BCUT2D eigenvalue weighted by Gasteiger charge is -2.31. The van der Waals surface area contributed by atoms with Crippen molar-refractivity contribution in [2.75, 3.05) is 25.2 Å². The van der Waals surface area contributed by atoms with Crippen molar-refractivity contribution in [3.05, 3.63) is 71.6 Å². The van der Waals surface area contributed by atoms with E-state index in [9.17, 15) is 9.59 Å². The molecular formula is C27H23N3O4S. The molecular weight excluding hydrogens is 462 g/mol. The third kappa shape index (κ3) is 4.21. The number of anilines is 1. The van der Waals surface area contributed by atoms with E-state index < -0.39 is 0 Å². The van der Waals surface area contributed by atoms with Gasteiger partial charge in [0.15, 0.2) is 11.5 Å². The smallest absolute Gasteiger partial charge is 0.254 e. The second-order valence-electron chi connectivity index (χ2n) is 8.67. The molecule has 4 heterocycles. The van der Waals surface area contributed by atoms with Crippen molar-refractivity contribution in [3.63, 3.8) is 0 Å². The van der Waals surface area contributed by atoms with Crippen molar-refractivity contribution in [2.45, 2.75) is 12.8 Å². The van der Waals surface area contributed by atoms with Crippen LogP contribution in [0.25, 0.3) is 21.5 Å². The Hall–Kier alpha value is -3.91. The van der Waals surface area contributed by atoms with Gasteiger partial charge in [0.05, 0.1) is 21.7 Å². The lowest BCUT2D eigenvalue weighted by atomic mass is 9.95. The second kappa shape index (κ2) is 9.03. The molecule has 4 aromatic rings. The topological polar surface area (TPSA) is 80.8 Å². The van der Waals surface area contributed by atoms with Crippen molar-refractivity contribution in [3.8, 4) is 22.1 Å². The van der Waals surface area contributed by atoms with E-state index in [2.05, 4.69) is 5.32 Å². The molecule has 176 valence electrons. The fourth-order valence-electron chi connectivity index (χ4n) is 4.64. The number of aromatic nitrogens is 1. The number of benzene rings is 2. The molecule has 0 atom stereocenters. The van der Waals surface area contributed by atoms with Crippen LogP contribution in [0.15, 0.2) is 66.0 Å². The summed E-state index contributed by atoms with van der Waals surface area (Å²) in [6.07, 6.45) is 1.23. The fourth-order valence-corrected chi connectivity index (χ4v) is 5.32. The van der Waals surface area contributed by atoms with E-state index in [1.807, 2.05) is 58.8 Å². The minimum atomic E-state index is -0.152. The van der Waals surface area contributed by atoms with E-state index in [0.717, 1.165) is 21.5 Å². The van der Waals surface area contributed by atoms with E-state index in [1.165, 1.54) is 0 Å². The van der Waals surface area contributed by atoms with Crippen LogP contribution in [-0.4, -0.2) is 41.6 Å². The molecule has 1 saturated heterocycles. The lowest BCUT2D eigenvalue weighted by Crippen LogP contribution is -2.41. The predicted octanol–water partition coefficient (Wildman–Crippen LogP) is 5.18. The minimum Gasteiger partial charge on any atom is -0.454 e. The van der Waals surface area contributed by atoms with Gasteiger partial charge in [0, 0.05) is 36.1 Å². The first-order chi connectivity index (χ1) is 17.2. The maximum atomic E-state index is 13.6. The standard InChI is InChI=1S/C27H23N3O4S/c31-26(28-18-7-8-23-24(14-18)34-16-33-23)17-9-11-30(12-10-17)27(32)20-15-22(25-6-3-13-35-25)29-21-5-2-1-4-19(20)21/h1-8,13-15,17H,9-12,16H2,(H,28,31). The molecule has 8 heteroatoms. The Morgan fingerprint density at radius 2 is 1.80 bits per heavy atom. The first kappa shape index (κ1) is 21.6. The lowest BCUT2D eigenvalue weighted by molar-refractivity contribution is -0.121. The highest BCUT2D eigenvalue weighted by molar-refractivity contribution is 7.13. The van der Waals surface area contributed by atoms with E-state index >= 15 is 0 Å². The highest BCUT2D eigenvalue weighted by Gasteiger charge is 2.29. The molecule has 2 aromatic heterocycles. The minimum absolute atomic E-state index is 0.0176. The summed E-state index contributed by atoms with van der Waals surface area (Å²) >= 11 is 1.60. The number of carbonyl (C=O) groups excluding carboxylic acids is 2. The highest BCUT2D eigenvalue weighted by Crippen LogP contribution is 2.35. The Balaban J connectivity index is 1.16. The van der Waals surface area contributed by atoms with Crippen LogP contribution < -0.4 is 14.8 Å². The summed E-state index contributed by atoms with van der Waals surface area (Å²) in [7, 11) is 0. The molecule has 2 aliphatic heterocycles. The van der Waals surface area contributed by atoms with Gasteiger partial charge in [-0.1, -0.05) is 24.3 Å². The molecule has 2 aliphatic rings. The fraction of sp³-hybridized carbons (Fsp3) is 0.222. The first-order valence-corrected chi connectivity index (χ1v) is 12.5. The van der Waals surface area contributed by atoms with Gasteiger partial charge in [-0.25, -0.2) is 4.98 Å². The van der Waals surface area contributed by atoms with Gasteiger partial charge in [-0.3, -0.25) is 9.59 Å². The van der Waals surface area contributed by atoms with Crippen molar-refractivity contribution in [2.24, 2.45) is 5.92 Å². The molecule has 0 bridgehead atoms. The molecule has 1 fully saturated rings. The second-order valence-corrected chi connectivity index (χ2v) is 9.62. The van der Waals surface area contributed by atoms with Crippen molar-refractivity contribution < 1.29 is 19.1 Å². The van der Waals surface area contributed by atoms with Crippen LogP contribution in [0.5, 0.6) is 11.5 Å². The van der Waals surface area contributed by atoms with Crippen LogP contribution in [0.3, 0.4) is 0 Å². The van der Waals surface area contributed by atoms with Gasteiger partial charge < -0.3 is 19.7 Å². The number of rotatable bonds is 4. The molecule has 0 radical (unpaired) electrons. The zero-order valence-electron chi connectivity index (χ0n) is 18.9. The van der Waals surface area contributed by atoms with E-state index in [4.69, 9.17) is 14.5 Å². The molecule has 0 unspecified atom stereocenters. The van der Waals surface area contributed by atoms with Crippen molar-refractivity contribution >= 4 is 39.7 Å². The third-order valence-corrected chi connectivity index (χ3v) is 7.41. The molecule has 0 spiro atoms. The number of nitrogens with zero attached hydrogens (tertiary/aromatic N) is 2. The number of nitrogens with one attached hydrogen (secondary N) is 1. The monoisotopic (exact) mass is 485 g/mol. The van der Waals surface area contributed by atoms with Crippen LogP contribution >= 0.6 is 11.3 Å². The summed E-state index contributed by atoms with van der Waals surface area (Å²) in [5.41, 5.74) is 2.95. The number of pyridine rings is 1. The normalized spacial score (nSPS) is 15.4. The summed E-state index contributed by atoms with van der Waals surface area (Å²) in [4.78, 5) is 34.1. The number of hydrogen-bond donors (Lipinski definition) is 1. The number of fused-ring (bicyclic) bond motifs is 2. The van der Waals surface area contributed by atoms with Crippen LogP contribution in [0.1, 0.15) is 23.2 Å². The molecule has 2 amide bonds. The Labute approximate surface area is 206 Å². The molecule has 0 saturated carbocycles. The van der Waals surface area contributed by atoms with Crippen LogP contribution in [0, 0.1) is 5.92 Å². The number of likely N-dealkylation sites (tertiary alicyclic amines) is 1. The van der Waals surface area contributed by atoms with Crippen molar-refractivity contribution in [1.82, 2.24) is 9.88 Å². The summed E-state index contributed by atoms with van der Waals surface area (Å²) < 4.78 is 10.7. The van der Waals surface area contributed by atoms with Gasteiger partial charge in [0.1, 0.15) is 0 Å². The molecule has 1 N–H and O–H groups in total. The molecule has 6 rings (SSSR count). The number of piperidine rings is 1. The van der Waals surface area contributed by atoms with Gasteiger partial charge in [0.2, 0.25) is 12.7 Å². The maximum absolute atomic E-state index is 13.6. The van der Waals surface area contributed by atoms with Crippen LogP contribution in [0.2, 0.25) is 0 Å². The van der Waals surface area contributed by atoms with Crippen LogP contribution in [-0.2, 0) is 4.79 Å². The Morgan fingerprint density at radius 3 is 2.63 bits per heavy atom. The summed E-state index contributed by atoms with van der Waals surface area (Å²) in [5.74, 6) is 1.11. The number of ether oxygens (including phenoxy) is 2. The van der Waals surface area contributed by atoms with Gasteiger partial charge in [0.25, 0.3) is 5.91 Å². The largest absolute Gasteiger partial charge is 0.454 e. The predicted molar refractivity (Wildman–Crippen MR) is 135 cm³/mol. The SMILES string of the molecule is O=C(Nc1ccc2c(c1)OCO2)C1CCN(C(=O)c2cc(-c3cccs3)nc3ccccc23)CC1. The summed E-state index contributed by atoms with van der Waals surface area (Å²) in [6.45, 7) is 1.26. The van der Waals surface area contributed by atoms with Crippen molar-refractivity contribution in [1.29, 1.82) is 0 Å². The number of amides is 2. The number of thiophene rings is 1. The zero-order valence-corrected chi connectivity index (χ0v) is 19.7. The Morgan fingerprint density at radius 1 is 0.971 bits per heavy atom. The third-order valence-electron chi connectivity index (χ3n) is 6.51. The van der Waals surface area contributed by atoms with Gasteiger partial charge in [-0.05, 0) is 48.6 Å². The molecule has 7 nitrogen and oxygen atoms in total. The average molecular weight is 486 g/mol. The number of para-hydroxylation sites is 1. The quantitative estimate of drug-likeness (QED) is 0.431. The van der Waals surface area contributed by atoms with E-state index in [1.54, 1.807) is 23.5 Å². The van der Waals surface area contributed by atoms with Gasteiger partial charge in [-0.15, -0.1) is 11.3 Å². The first-order valence-electron chi connectivity index (χ1n) is 11.6. The van der Waals surface area contributed by atoms with Gasteiger partial charge in [-0.2, -0.15) is 0 Å². The Bertz CT molecular complexity index is 1410. The van der Waals surface area contributed by atoms with E-state index in [-0.39, 0.29) is 24.5 Å². The maximum Gasteiger partial charge on any atom is 0.254 e.